The molecule has 0 unspecified atom stereocenters. The average Bonchev–Trinajstić information content (AvgIpc) is 3.00. The van der Waals surface area contributed by atoms with Gasteiger partial charge in [-0.3, -0.25) is 14.9 Å². The number of hydrogen-bond acceptors (Lipinski definition) is 4. The van der Waals surface area contributed by atoms with Crippen LogP contribution in [0.5, 0.6) is 0 Å². The van der Waals surface area contributed by atoms with Gasteiger partial charge >= 0.3 is 0 Å². The number of rotatable bonds is 5. The zero-order chi connectivity index (χ0) is 21.8. The van der Waals surface area contributed by atoms with Crippen LogP contribution in [0.3, 0.4) is 0 Å². The van der Waals surface area contributed by atoms with Crippen molar-refractivity contribution in [3.8, 4) is 11.8 Å². The SMILES string of the molecule is Cc1cc(/C=C(\C#N)C(=O)Nc2ccccc2F)c(C)n1-c1ccc([N+](=O)[O-])cc1. The van der Waals surface area contributed by atoms with Gasteiger partial charge in [-0.1, -0.05) is 12.1 Å². The molecule has 2 aromatic carbocycles. The molecule has 0 spiro atoms. The molecule has 0 bridgehead atoms. The zero-order valence-electron chi connectivity index (χ0n) is 16.2. The lowest BCUT2D eigenvalue weighted by Crippen LogP contribution is -2.14. The third kappa shape index (κ3) is 4.10. The number of nitro benzene ring substituents is 1. The van der Waals surface area contributed by atoms with Crippen LogP contribution in [0.4, 0.5) is 15.8 Å². The lowest BCUT2D eigenvalue weighted by Gasteiger charge is -2.09. The van der Waals surface area contributed by atoms with Crippen molar-refractivity contribution in [3.05, 3.63) is 93.1 Å². The third-order valence-electron chi connectivity index (χ3n) is 4.58. The van der Waals surface area contributed by atoms with E-state index in [0.717, 1.165) is 11.4 Å². The van der Waals surface area contributed by atoms with E-state index in [-0.39, 0.29) is 16.9 Å². The predicted molar refractivity (Wildman–Crippen MR) is 111 cm³/mol. The van der Waals surface area contributed by atoms with Crippen molar-refractivity contribution in [2.24, 2.45) is 0 Å². The number of nitro groups is 1. The molecule has 1 amide bonds. The van der Waals surface area contributed by atoms with Gasteiger partial charge in [-0.25, -0.2) is 4.39 Å². The molecule has 0 fully saturated rings. The first-order valence-corrected chi connectivity index (χ1v) is 8.93. The van der Waals surface area contributed by atoms with Crippen molar-refractivity contribution < 1.29 is 14.1 Å². The quantitative estimate of drug-likeness (QED) is 0.289. The maximum absolute atomic E-state index is 13.8. The molecule has 0 aliphatic carbocycles. The molecule has 3 rings (SSSR count). The number of anilines is 1. The predicted octanol–water partition coefficient (Wildman–Crippen LogP) is 4.69. The van der Waals surface area contributed by atoms with E-state index in [2.05, 4.69) is 5.32 Å². The summed E-state index contributed by atoms with van der Waals surface area (Å²) in [6, 6.07) is 15.4. The molecule has 3 aromatic rings. The highest BCUT2D eigenvalue weighted by Gasteiger charge is 2.15. The minimum atomic E-state index is -0.720. The molecule has 7 nitrogen and oxygen atoms in total. The molecule has 8 heteroatoms. The van der Waals surface area contributed by atoms with Gasteiger partial charge in [0.1, 0.15) is 17.5 Å². The Balaban J connectivity index is 1.93. The van der Waals surface area contributed by atoms with Gasteiger partial charge in [0.05, 0.1) is 10.6 Å². The third-order valence-corrected chi connectivity index (χ3v) is 4.58. The lowest BCUT2D eigenvalue weighted by molar-refractivity contribution is -0.384. The fourth-order valence-corrected chi connectivity index (χ4v) is 3.11. The molecule has 0 aliphatic rings. The number of nitrogens with zero attached hydrogens (tertiary/aromatic N) is 3. The Labute approximate surface area is 171 Å². The molecule has 0 saturated heterocycles. The summed E-state index contributed by atoms with van der Waals surface area (Å²) in [5.74, 6) is -1.32. The van der Waals surface area contributed by atoms with Gasteiger partial charge in [-0.05, 0) is 55.8 Å². The Morgan fingerprint density at radius 1 is 1.20 bits per heavy atom. The van der Waals surface area contributed by atoms with Gasteiger partial charge in [-0.2, -0.15) is 5.26 Å². The van der Waals surface area contributed by atoms with Crippen molar-refractivity contribution >= 4 is 23.4 Å². The first kappa shape index (κ1) is 20.5. The fraction of sp³-hybridized carbons (Fsp3) is 0.0909. The summed E-state index contributed by atoms with van der Waals surface area (Å²) in [6.07, 6.45) is 1.43. The van der Waals surface area contributed by atoms with Crippen LogP contribution in [0.1, 0.15) is 17.0 Å². The maximum Gasteiger partial charge on any atom is 0.269 e. The molecular formula is C22H17FN4O3. The van der Waals surface area contributed by atoms with Crippen LogP contribution < -0.4 is 5.32 Å². The van der Waals surface area contributed by atoms with Gasteiger partial charge in [0.25, 0.3) is 11.6 Å². The van der Waals surface area contributed by atoms with Crippen molar-refractivity contribution in [1.82, 2.24) is 4.57 Å². The van der Waals surface area contributed by atoms with E-state index in [9.17, 15) is 24.6 Å². The van der Waals surface area contributed by atoms with E-state index in [1.165, 1.54) is 36.4 Å². The van der Waals surface area contributed by atoms with Crippen LogP contribution in [0, 0.1) is 41.1 Å². The number of para-hydroxylation sites is 1. The van der Waals surface area contributed by atoms with E-state index < -0.39 is 16.6 Å². The summed E-state index contributed by atoms with van der Waals surface area (Å²) in [6.45, 7) is 3.65. The minimum absolute atomic E-state index is 0.0139. The van der Waals surface area contributed by atoms with Crippen LogP contribution in [0.2, 0.25) is 0 Å². The molecule has 0 saturated carbocycles. The number of nitrogens with one attached hydrogen (secondary N) is 1. The fourth-order valence-electron chi connectivity index (χ4n) is 3.11. The topological polar surface area (TPSA) is 101 Å². The summed E-state index contributed by atoms with van der Waals surface area (Å²) >= 11 is 0. The van der Waals surface area contributed by atoms with Crippen LogP contribution in [0.15, 0.2) is 60.2 Å². The normalized spacial score (nSPS) is 11.1. The van der Waals surface area contributed by atoms with Crippen molar-refractivity contribution in [2.45, 2.75) is 13.8 Å². The Hall–Kier alpha value is -4.25. The number of aromatic nitrogens is 1. The Morgan fingerprint density at radius 2 is 1.87 bits per heavy atom. The van der Waals surface area contributed by atoms with Crippen LogP contribution in [0.25, 0.3) is 11.8 Å². The lowest BCUT2D eigenvalue weighted by atomic mass is 10.1. The van der Waals surface area contributed by atoms with E-state index in [1.54, 1.807) is 24.3 Å². The van der Waals surface area contributed by atoms with Crippen LogP contribution in [-0.2, 0) is 4.79 Å². The monoisotopic (exact) mass is 404 g/mol. The molecule has 0 aliphatic heterocycles. The summed E-state index contributed by atoms with van der Waals surface area (Å²) in [5, 5.41) is 22.7. The highest BCUT2D eigenvalue weighted by molar-refractivity contribution is 6.09. The number of aryl methyl sites for hydroxylation is 1. The number of benzene rings is 2. The molecule has 1 N–H and O–H groups in total. The number of hydrogen-bond donors (Lipinski definition) is 1. The Morgan fingerprint density at radius 3 is 2.47 bits per heavy atom. The van der Waals surface area contributed by atoms with Crippen molar-refractivity contribution in [1.29, 1.82) is 5.26 Å². The number of amides is 1. The second-order valence-electron chi connectivity index (χ2n) is 6.54. The number of carbonyl (C=O) groups is 1. The van der Waals surface area contributed by atoms with Crippen LogP contribution in [-0.4, -0.2) is 15.4 Å². The van der Waals surface area contributed by atoms with Gasteiger partial charge in [-0.15, -0.1) is 0 Å². The number of carbonyl (C=O) groups excluding carboxylic acids is 1. The highest BCUT2D eigenvalue weighted by atomic mass is 19.1. The molecule has 1 aromatic heterocycles. The second-order valence-corrected chi connectivity index (χ2v) is 6.54. The van der Waals surface area contributed by atoms with Gasteiger partial charge in [0.2, 0.25) is 0 Å². The van der Waals surface area contributed by atoms with Crippen molar-refractivity contribution in [2.75, 3.05) is 5.32 Å². The highest BCUT2D eigenvalue weighted by Crippen LogP contribution is 2.25. The molecule has 1 heterocycles. The standard InChI is InChI=1S/C22H17FN4O3/c1-14-11-16(15(2)26(14)18-7-9-19(10-8-18)27(29)30)12-17(13-24)22(28)25-21-6-4-3-5-20(21)23/h3-12H,1-2H3,(H,25,28)/b17-12+. The summed E-state index contributed by atoms with van der Waals surface area (Å²) in [7, 11) is 0. The molecule has 150 valence electrons. The maximum atomic E-state index is 13.8. The first-order valence-electron chi connectivity index (χ1n) is 8.93. The van der Waals surface area contributed by atoms with Crippen molar-refractivity contribution in [3.63, 3.8) is 0 Å². The van der Waals surface area contributed by atoms with Gasteiger partial charge < -0.3 is 9.88 Å². The number of non-ortho nitro benzene ring substituents is 1. The number of halogens is 1. The molecule has 30 heavy (non-hydrogen) atoms. The molecular weight excluding hydrogens is 387 g/mol. The average molecular weight is 404 g/mol. The van der Waals surface area contributed by atoms with Crippen LogP contribution >= 0.6 is 0 Å². The minimum Gasteiger partial charge on any atom is -0.319 e. The van der Waals surface area contributed by atoms with E-state index in [1.807, 2.05) is 24.5 Å². The summed E-state index contributed by atoms with van der Waals surface area (Å²) in [4.78, 5) is 22.8. The van der Waals surface area contributed by atoms with E-state index in [4.69, 9.17) is 0 Å². The van der Waals surface area contributed by atoms with E-state index in [0.29, 0.717) is 11.3 Å². The zero-order valence-corrected chi connectivity index (χ0v) is 16.2. The van der Waals surface area contributed by atoms with Gasteiger partial charge in [0, 0.05) is 29.2 Å². The smallest absolute Gasteiger partial charge is 0.269 e. The first-order chi connectivity index (χ1) is 14.3. The van der Waals surface area contributed by atoms with Gasteiger partial charge in [0.15, 0.2) is 0 Å². The second kappa shape index (κ2) is 8.41. The Kier molecular flexibility index (Phi) is 5.74. The number of nitriles is 1. The summed E-state index contributed by atoms with van der Waals surface area (Å²) in [5.41, 5.74) is 2.70. The van der Waals surface area contributed by atoms with E-state index >= 15 is 0 Å². The molecule has 0 atom stereocenters. The largest absolute Gasteiger partial charge is 0.319 e. The summed E-state index contributed by atoms with van der Waals surface area (Å²) < 4.78 is 15.6. The Bertz CT molecular complexity index is 1200. The molecule has 0 radical (unpaired) electrons.